The number of thioether (sulfide) groups is 1. The van der Waals surface area contributed by atoms with Gasteiger partial charge in [0.15, 0.2) is 0 Å². The average Bonchev–Trinajstić information content (AvgIpc) is 2.25. The second-order valence-electron chi connectivity index (χ2n) is 3.46. The number of aromatic nitrogens is 1. The van der Waals surface area contributed by atoms with Crippen molar-refractivity contribution in [1.29, 1.82) is 0 Å². The van der Waals surface area contributed by atoms with Crippen molar-refractivity contribution in [2.45, 2.75) is 18.1 Å². The minimum atomic E-state index is -4.40. The topological polar surface area (TPSA) is 33.1 Å². The fourth-order valence-electron chi connectivity index (χ4n) is 0.933. The van der Waals surface area contributed by atoms with Crippen LogP contribution in [0.25, 0.3) is 0 Å². The van der Waals surface area contributed by atoms with E-state index in [1.165, 1.54) is 23.9 Å². The van der Waals surface area contributed by atoms with E-state index in [1.54, 1.807) is 0 Å². The van der Waals surface area contributed by atoms with Crippen LogP contribution in [0.4, 0.5) is 13.2 Å². The van der Waals surface area contributed by atoms with E-state index < -0.39 is 11.9 Å². The molecule has 0 saturated carbocycles. The van der Waals surface area contributed by atoms with Crippen molar-refractivity contribution < 1.29 is 18.3 Å². The zero-order valence-electron chi connectivity index (χ0n) is 8.66. The summed E-state index contributed by atoms with van der Waals surface area (Å²) >= 11 is 1.21. The molecule has 1 unspecified atom stereocenters. The first-order valence-corrected chi connectivity index (χ1v) is 5.70. The SMILES string of the molecule is CC(CO)CSc1cccc(C(F)(F)F)n1. The van der Waals surface area contributed by atoms with Gasteiger partial charge in [-0.15, -0.1) is 11.8 Å². The van der Waals surface area contributed by atoms with Crippen LogP contribution in [0.15, 0.2) is 23.2 Å². The molecule has 0 saturated heterocycles. The Labute approximate surface area is 95.9 Å². The highest BCUT2D eigenvalue weighted by atomic mass is 32.2. The maximum atomic E-state index is 12.3. The molecule has 0 spiro atoms. The monoisotopic (exact) mass is 251 g/mol. The van der Waals surface area contributed by atoms with E-state index in [4.69, 9.17) is 5.11 Å². The van der Waals surface area contributed by atoms with Gasteiger partial charge in [0, 0.05) is 12.4 Å². The largest absolute Gasteiger partial charge is 0.433 e. The van der Waals surface area contributed by atoms with Gasteiger partial charge in [-0.1, -0.05) is 13.0 Å². The van der Waals surface area contributed by atoms with Gasteiger partial charge in [-0.2, -0.15) is 13.2 Å². The Morgan fingerprint density at radius 1 is 1.44 bits per heavy atom. The number of hydrogen-bond donors (Lipinski definition) is 1. The summed E-state index contributed by atoms with van der Waals surface area (Å²) in [5.74, 6) is 0.589. The maximum absolute atomic E-state index is 12.3. The van der Waals surface area contributed by atoms with Crippen molar-refractivity contribution in [1.82, 2.24) is 4.98 Å². The molecular formula is C10H12F3NOS. The highest BCUT2D eigenvalue weighted by Gasteiger charge is 2.32. The van der Waals surface area contributed by atoms with Crippen molar-refractivity contribution in [2.75, 3.05) is 12.4 Å². The lowest BCUT2D eigenvalue weighted by Gasteiger charge is -2.09. The molecule has 0 radical (unpaired) electrons. The fourth-order valence-corrected chi connectivity index (χ4v) is 1.83. The standard InChI is InChI=1S/C10H12F3NOS/c1-7(5-15)6-16-9-4-2-3-8(14-9)10(11,12)13/h2-4,7,15H,5-6H2,1H3. The van der Waals surface area contributed by atoms with Crippen LogP contribution in [0.5, 0.6) is 0 Å². The Balaban J connectivity index is 2.68. The number of halogens is 3. The minimum Gasteiger partial charge on any atom is -0.396 e. The van der Waals surface area contributed by atoms with Gasteiger partial charge in [-0.05, 0) is 18.1 Å². The molecule has 1 aromatic rings. The second kappa shape index (κ2) is 5.54. The lowest BCUT2D eigenvalue weighted by Crippen LogP contribution is -2.08. The van der Waals surface area contributed by atoms with Crippen LogP contribution < -0.4 is 0 Å². The third-order valence-electron chi connectivity index (χ3n) is 1.84. The van der Waals surface area contributed by atoms with Gasteiger partial charge in [0.2, 0.25) is 0 Å². The van der Waals surface area contributed by atoms with E-state index in [9.17, 15) is 13.2 Å². The van der Waals surface area contributed by atoms with Crippen LogP contribution in [0.1, 0.15) is 12.6 Å². The number of nitrogens with zero attached hydrogens (tertiary/aromatic N) is 1. The summed E-state index contributed by atoms with van der Waals surface area (Å²) in [4.78, 5) is 3.51. The number of aliphatic hydroxyl groups is 1. The molecular weight excluding hydrogens is 239 g/mol. The van der Waals surface area contributed by atoms with E-state index in [2.05, 4.69) is 4.98 Å². The number of alkyl halides is 3. The molecule has 6 heteroatoms. The molecule has 90 valence electrons. The van der Waals surface area contributed by atoms with Crippen LogP contribution in [-0.2, 0) is 6.18 Å². The van der Waals surface area contributed by atoms with Gasteiger partial charge < -0.3 is 5.11 Å². The molecule has 0 bridgehead atoms. The highest BCUT2D eigenvalue weighted by Crippen LogP contribution is 2.29. The Hall–Kier alpha value is -0.750. The number of rotatable bonds is 4. The van der Waals surface area contributed by atoms with Gasteiger partial charge in [0.1, 0.15) is 5.69 Å². The first-order chi connectivity index (χ1) is 7.43. The van der Waals surface area contributed by atoms with Gasteiger partial charge >= 0.3 is 6.18 Å². The van der Waals surface area contributed by atoms with Crippen LogP contribution >= 0.6 is 11.8 Å². The molecule has 1 aromatic heterocycles. The summed E-state index contributed by atoms with van der Waals surface area (Å²) in [7, 11) is 0. The third kappa shape index (κ3) is 4.02. The quantitative estimate of drug-likeness (QED) is 0.835. The molecule has 0 aliphatic rings. The summed E-state index contributed by atoms with van der Waals surface area (Å²) in [5.41, 5.74) is -0.880. The number of aliphatic hydroxyl groups excluding tert-OH is 1. The molecule has 1 rings (SSSR count). The third-order valence-corrected chi connectivity index (χ3v) is 3.10. The Bertz CT molecular complexity index is 343. The molecule has 0 amide bonds. The van der Waals surface area contributed by atoms with E-state index in [1.807, 2.05) is 6.92 Å². The molecule has 0 aliphatic carbocycles. The predicted octanol–water partition coefficient (Wildman–Crippen LogP) is 2.82. The van der Waals surface area contributed by atoms with Crippen molar-refractivity contribution in [3.8, 4) is 0 Å². The van der Waals surface area contributed by atoms with Crippen molar-refractivity contribution in [2.24, 2.45) is 5.92 Å². The van der Waals surface area contributed by atoms with Crippen LogP contribution in [0, 0.1) is 5.92 Å². The lowest BCUT2D eigenvalue weighted by molar-refractivity contribution is -0.141. The fraction of sp³-hybridized carbons (Fsp3) is 0.500. The molecule has 0 aromatic carbocycles. The van der Waals surface area contributed by atoms with Crippen molar-refractivity contribution >= 4 is 11.8 Å². The Morgan fingerprint density at radius 2 is 2.12 bits per heavy atom. The molecule has 1 heterocycles. The van der Waals surface area contributed by atoms with Gasteiger partial charge in [-0.3, -0.25) is 0 Å². The number of hydrogen-bond acceptors (Lipinski definition) is 3. The zero-order valence-corrected chi connectivity index (χ0v) is 9.48. The smallest absolute Gasteiger partial charge is 0.396 e. The molecule has 0 fully saturated rings. The molecule has 1 N–H and O–H groups in total. The summed E-state index contributed by atoms with van der Waals surface area (Å²) < 4.78 is 37.0. The Kier molecular flexibility index (Phi) is 4.61. The van der Waals surface area contributed by atoms with E-state index >= 15 is 0 Å². The predicted molar refractivity (Wildman–Crippen MR) is 56.2 cm³/mol. The van der Waals surface area contributed by atoms with Gasteiger partial charge in [0.05, 0.1) is 5.03 Å². The Morgan fingerprint density at radius 3 is 2.69 bits per heavy atom. The summed E-state index contributed by atoms with van der Waals surface area (Å²) in [5, 5.41) is 9.11. The van der Waals surface area contributed by atoms with Crippen LogP contribution in [0.3, 0.4) is 0 Å². The van der Waals surface area contributed by atoms with Gasteiger partial charge in [-0.25, -0.2) is 4.98 Å². The summed E-state index contributed by atoms with van der Waals surface area (Å²) in [6.07, 6.45) is -4.40. The molecule has 2 nitrogen and oxygen atoms in total. The first kappa shape index (κ1) is 13.3. The minimum absolute atomic E-state index is 0.0198. The summed E-state index contributed by atoms with van der Waals surface area (Å²) in [6.45, 7) is 1.84. The second-order valence-corrected chi connectivity index (χ2v) is 4.50. The van der Waals surface area contributed by atoms with E-state index in [0.717, 1.165) is 6.07 Å². The van der Waals surface area contributed by atoms with Gasteiger partial charge in [0.25, 0.3) is 0 Å². The van der Waals surface area contributed by atoms with Crippen LogP contribution in [-0.4, -0.2) is 22.5 Å². The number of pyridine rings is 1. The molecule has 0 aliphatic heterocycles. The highest BCUT2D eigenvalue weighted by molar-refractivity contribution is 7.99. The van der Waals surface area contributed by atoms with Crippen molar-refractivity contribution in [3.63, 3.8) is 0 Å². The van der Waals surface area contributed by atoms with Crippen molar-refractivity contribution in [3.05, 3.63) is 23.9 Å². The van der Waals surface area contributed by atoms with Crippen LogP contribution in [0.2, 0.25) is 0 Å². The zero-order chi connectivity index (χ0) is 12.2. The first-order valence-electron chi connectivity index (χ1n) is 4.71. The maximum Gasteiger partial charge on any atom is 0.433 e. The summed E-state index contributed by atoms with van der Waals surface area (Å²) in [6, 6.07) is 3.81. The van der Waals surface area contributed by atoms with E-state index in [-0.39, 0.29) is 12.5 Å². The van der Waals surface area contributed by atoms with E-state index in [0.29, 0.717) is 10.8 Å². The lowest BCUT2D eigenvalue weighted by atomic mass is 10.2. The average molecular weight is 251 g/mol. The molecule has 16 heavy (non-hydrogen) atoms. The normalized spacial score (nSPS) is 13.8. The molecule has 1 atom stereocenters.